The first-order chi connectivity index (χ1) is 17.6. The number of hydrogen-bond acceptors (Lipinski definition) is 8. The maximum Gasteiger partial charge on any atom is 0.241 e. The van der Waals surface area contributed by atoms with Crippen molar-refractivity contribution in [2.45, 2.75) is 6.54 Å². The van der Waals surface area contributed by atoms with E-state index in [1.807, 2.05) is 29.2 Å². The SMILES string of the molecule is COc1ccc(-c2noc(CN3CCN(CC(=O)N4CCN(c5ccc(F)cc5)CC4)CC3)n2)cc1. The summed E-state index contributed by atoms with van der Waals surface area (Å²) in [6, 6.07) is 14.1. The number of piperazine rings is 2. The van der Waals surface area contributed by atoms with Gasteiger partial charge in [0.05, 0.1) is 20.2 Å². The van der Waals surface area contributed by atoms with Gasteiger partial charge in [-0.05, 0) is 48.5 Å². The number of ether oxygens (including phenoxy) is 1. The second-order valence-electron chi connectivity index (χ2n) is 9.14. The molecular formula is C26H31FN6O3. The number of anilines is 1. The van der Waals surface area contributed by atoms with Gasteiger partial charge in [-0.1, -0.05) is 5.16 Å². The first-order valence-electron chi connectivity index (χ1n) is 12.3. The third kappa shape index (κ3) is 5.83. The number of halogens is 1. The van der Waals surface area contributed by atoms with Crippen LogP contribution in [0.4, 0.5) is 10.1 Å². The number of hydrogen-bond donors (Lipinski definition) is 0. The number of methoxy groups -OCH3 is 1. The van der Waals surface area contributed by atoms with Crippen molar-refractivity contribution in [3.05, 3.63) is 60.2 Å². The summed E-state index contributed by atoms with van der Waals surface area (Å²) in [5.74, 6) is 1.87. The Balaban J connectivity index is 1.04. The van der Waals surface area contributed by atoms with Crippen molar-refractivity contribution < 1.29 is 18.4 Å². The fourth-order valence-corrected chi connectivity index (χ4v) is 4.63. The molecule has 3 aromatic rings. The third-order valence-corrected chi connectivity index (χ3v) is 6.82. The van der Waals surface area contributed by atoms with Crippen LogP contribution in [0.25, 0.3) is 11.4 Å². The van der Waals surface area contributed by atoms with Gasteiger partial charge in [0.25, 0.3) is 0 Å². The molecule has 10 heteroatoms. The number of carbonyl (C=O) groups is 1. The van der Waals surface area contributed by atoms with Crippen LogP contribution in [0.1, 0.15) is 5.89 Å². The fourth-order valence-electron chi connectivity index (χ4n) is 4.63. The second-order valence-corrected chi connectivity index (χ2v) is 9.14. The molecule has 0 unspecified atom stereocenters. The van der Waals surface area contributed by atoms with Crippen LogP contribution in [0.3, 0.4) is 0 Å². The van der Waals surface area contributed by atoms with Gasteiger partial charge in [0, 0.05) is 63.6 Å². The van der Waals surface area contributed by atoms with Crippen molar-refractivity contribution in [3.8, 4) is 17.1 Å². The molecule has 9 nitrogen and oxygen atoms in total. The lowest BCUT2D eigenvalue weighted by Crippen LogP contribution is -2.53. The van der Waals surface area contributed by atoms with Crippen LogP contribution in [0.2, 0.25) is 0 Å². The highest BCUT2D eigenvalue weighted by Crippen LogP contribution is 2.21. The predicted octanol–water partition coefficient (Wildman–Crippen LogP) is 2.35. The molecule has 2 fully saturated rings. The van der Waals surface area contributed by atoms with Gasteiger partial charge in [-0.15, -0.1) is 0 Å². The molecule has 0 atom stereocenters. The molecule has 0 spiro atoms. The largest absolute Gasteiger partial charge is 0.497 e. The lowest BCUT2D eigenvalue weighted by Gasteiger charge is -2.38. The maximum atomic E-state index is 13.2. The molecule has 36 heavy (non-hydrogen) atoms. The minimum atomic E-state index is -0.233. The van der Waals surface area contributed by atoms with Crippen molar-refractivity contribution in [2.75, 3.05) is 70.9 Å². The van der Waals surface area contributed by atoms with Gasteiger partial charge >= 0.3 is 0 Å². The van der Waals surface area contributed by atoms with Gasteiger partial charge in [-0.3, -0.25) is 14.6 Å². The van der Waals surface area contributed by atoms with Gasteiger partial charge in [-0.25, -0.2) is 4.39 Å². The number of amides is 1. The molecule has 2 aliphatic heterocycles. The summed E-state index contributed by atoms with van der Waals surface area (Å²) in [5.41, 5.74) is 1.88. The van der Waals surface area contributed by atoms with E-state index in [-0.39, 0.29) is 11.7 Å². The van der Waals surface area contributed by atoms with Gasteiger partial charge in [0.1, 0.15) is 11.6 Å². The first kappa shape index (κ1) is 24.2. The molecule has 0 radical (unpaired) electrons. The predicted molar refractivity (Wildman–Crippen MR) is 133 cm³/mol. The molecular weight excluding hydrogens is 463 g/mol. The molecule has 1 aromatic heterocycles. The van der Waals surface area contributed by atoms with E-state index in [0.29, 0.717) is 37.9 Å². The van der Waals surface area contributed by atoms with Gasteiger partial charge in [-0.2, -0.15) is 4.98 Å². The van der Waals surface area contributed by atoms with Crippen LogP contribution >= 0.6 is 0 Å². The molecule has 1 amide bonds. The zero-order chi connectivity index (χ0) is 24.9. The zero-order valence-corrected chi connectivity index (χ0v) is 20.5. The van der Waals surface area contributed by atoms with E-state index in [1.54, 1.807) is 19.2 Å². The Morgan fingerprint density at radius 2 is 1.58 bits per heavy atom. The summed E-state index contributed by atoms with van der Waals surface area (Å²) in [5, 5.41) is 4.11. The Bertz CT molecular complexity index is 1140. The summed E-state index contributed by atoms with van der Waals surface area (Å²) in [4.78, 5) is 26.0. The van der Waals surface area contributed by atoms with E-state index in [4.69, 9.17) is 9.26 Å². The molecule has 0 aliphatic carbocycles. The van der Waals surface area contributed by atoms with E-state index in [1.165, 1.54) is 12.1 Å². The molecule has 5 rings (SSSR count). The summed E-state index contributed by atoms with van der Waals surface area (Å²) >= 11 is 0. The lowest BCUT2D eigenvalue weighted by atomic mass is 10.2. The molecule has 2 aromatic carbocycles. The fraction of sp³-hybridized carbons (Fsp3) is 0.423. The summed E-state index contributed by atoms with van der Waals surface area (Å²) in [7, 11) is 1.63. The number of benzene rings is 2. The summed E-state index contributed by atoms with van der Waals surface area (Å²) < 4.78 is 23.8. The van der Waals surface area contributed by atoms with Crippen LogP contribution in [0, 0.1) is 5.82 Å². The van der Waals surface area contributed by atoms with E-state index in [2.05, 4.69) is 24.8 Å². The van der Waals surface area contributed by atoms with E-state index in [9.17, 15) is 9.18 Å². The molecule has 190 valence electrons. The highest BCUT2D eigenvalue weighted by molar-refractivity contribution is 5.78. The molecule has 0 saturated carbocycles. The lowest BCUT2D eigenvalue weighted by molar-refractivity contribution is -0.133. The van der Waals surface area contributed by atoms with E-state index in [0.717, 1.165) is 56.3 Å². The van der Waals surface area contributed by atoms with Crippen molar-refractivity contribution >= 4 is 11.6 Å². The average Bonchev–Trinajstić information content (AvgIpc) is 3.39. The zero-order valence-electron chi connectivity index (χ0n) is 20.5. The van der Waals surface area contributed by atoms with E-state index < -0.39 is 0 Å². The Morgan fingerprint density at radius 1 is 0.917 bits per heavy atom. The minimum absolute atomic E-state index is 0.170. The molecule has 2 saturated heterocycles. The van der Waals surface area contributed by atoms with Crippen LogP contribution in [-0.2, 0) is 11.3 Å². The van der Waals surface area contributed by atoms with Crippen LogP contribution < -0.4 is 9.64 Å². The van der Waals surface area contributed by atoms with Crippen molar-refractivity contribution in [1.29, 1.82) is 0 Å². The minimum Gasteiger partial charge on any atom is -0.497 e. The van der Waals surface area contributed by atoms with Crippen molar-refractivity contribution in [1.82, 2.24) is 24.8 Å². The molecule has 2 aliphatic rings. The maximum absolute atomic E-state index is 13.2. The summed E-state index contributed by atoms with van der Waals surface area (Å²) in [6.45, 7) is 7.23. The van der Waals surface area contributed by atoms with Gasteiger partial charge in [0.15, 0.2) is 0 Å². The van der Waals surface area contributed by atoms with Crippen LogP contribution in [0.5, 0.6) is 5.75 Å². The van der Waals surface area contributed by atoms with Crippen LogP contribution in [0.15, 0.2) is 53.1 Å². The Hall–Kier alpha value is -3.50. The molecule has 3 heterocycles. The quantitative estimate of drug-likeness (QED) is 0.496. The Labute approximate surface area is 210 Å². The van der Waals surface area contributed by atoms with Crippen LogP contribution in [-0.4, -0.2) is 96.8 Å². The van der Waals surface area contributed by atoms with E-state index >= 15 is 0 Å². The molecule has 0 bridgehead atoms. The number of aromatic nitrogens is 2. The average molecular weight is 495 g/mol. The first-order valence-corrected chi connectivity index (χ1v) is 12.3. The van der Waals surface area contributed by atoms with Gasteiger partial charge < -0.3 is 19.1 Å². The second kappa shape index (κ2) is 11.0. The number of carbonyl (C=O) groups excluding carboxylic acids is 1. The number of rotatable bonds is 7. The highest BCUT2D eigenvalue weighted by atomic mass is 19.1. The third-order valence-electron chi connectivity index (χ3n) is 6.82. The van der Waals surface area contributed by atoms with Crippen molar-refractivity contribution in [2.24, 2.45) is 0 Å². The normalized spacial score (nSPS) is 17.4. The highest BCUT2D eigenvalue weighted by Gasteiger charge is 2.25. The smallest absolute Gasteiger partial charge is 0.241 e. The topological polar surface area (TPSA) is 78.2 Å². The summed E-state index contributed by atoms with van der Waals surface area (Å²) in [6.07, 6.45) is 0. The molecule has 0 N–H and O–H groups in total. The van der Waals surface area contributed by atoms with Crippen molar-refractivity contribution in [3.63, 3.8) is 0 Å². The van der Waals surface area contributed by atoms with Gasteiger partial charge in [0.2, 0.25) is 17.6 Å². The number of nitrogens with zero attached hydrogens (tertiary/aromatic N) is 6. The monoisotopic (exact) mass is 494 g/mol. The standard InChI is InChI=1S/C26H31FN6O3/c1-35-23-8-2-20(3-9-23)26-28-24(36-29-26)18-30-10-12-31(13-11-30)19-25(34)33-16-14-32(15-17-33)22-6-4-21(27)5-7-22/h2-9H,10-19H2,1H3. The Kier molecular flexibility index (Phi) is 7.43. The Morgan fingerprint density at radius 3 is 2.25 bits per heavy atom.